The first kappa shape index (κ1) is 11.3. The average Bonchev–Trinajstić information content (AvgIpc) is 2.58. The van der Waals surface area contributed by atoms with Gasteiger partial charge in [0.05, 0.1) is 6.20 Å². The highest BCUT2D eigenvalue weighted by Crippen LogP contribution is 2.07. The second kappa shape index (κ2) is 5.20. The Morgan fingerprint density at radius 2 is 2.47 bits per heavy atom. The normalized spacial score (nSPS) is 12.3. The predicted molar refractivity (Wildman–Crippen MR) is 53.6 cm³/mol. The van der Waals surface area contributed by atoms with E-state index < -0.39 is 12.0 Å². The standard InChI is InChI=1S/C8H14N4O3/c9-5(7(14)15)2-1-3-10-8-11-4-6(13)12-8/h4-5,13H,1-3,9H2,(H,14,15)(H2,10,11,12). The maximum Gasteiger partial charge on any atom is 0.320 e. The molecular formula is C8H14N4O3. The van der Waals surface area contributed by atoms with Crippen LogP contribution in [-0.2, 0) is 4.79 Å². The van der Waals surface area contributed by atoms with Crippen molar-refractivity contribution in [3.8, 4) is 5.88 Å². The van der Waals surface area contributed by atoms with Crippen LogP contribution in [0.25, 0.3) is 0 Å². The van der Waals surface area contributed by atoms with E-state index in [0.717, 1.165) is 0 Å². The lowest BCUT2D eigenvalue weighted by Gasteiger charge is -2.06. The van der Waals surface area contributed by atoms with Crippen LogP contribution in [0.5, 0.6) is 5.88 Å². The number of aromatic nitrogens is 2. The van der Waals surface area contributed by atoms with E-state index in [0.29, 0.717) is 25.3 Å². The van der Waals surface area contributed by atoms with Gasteiger partial charge in [-0.15, -0.1) is 0 Å². The number of aromatic hydroxyl groups is 1. The van der Waals surface area contributed by atoms with E-state index in [1.54, 1.807) is 0 Å². The first-order chi connectivity index (χ1) is 7.09. The molecule has 0 aromatic carbocycles. The van der Waals surface area contributed by atoms with Crippen molar-refractivity contribution in [2.45, 2.75) is 18.9 Å². The number of rotatable bonds is 6. The molecule has 1 aromatic rings. The zero-order chi connectivity index (χ0) is 11.3. The number of nitrogens with zero attached hydrogens (tertiary/aromatic N) is 1. The number of H-pyrrole nitrogens is 1. The lowest BCUT2D eigenvalue weighted by Crippen LogP contribution is -2.30. The van der Waals surface area contributed by atoms with Crippen molar-refractivity contribution >= 4 is 11.9 Å². The summed E-state index contributed by atoms with van der Waals surface area (Å²) >= 11 is 0. The Morgan fingerprint density at radius 3 is 3.00 bits per heavy atom. The van der Waals surface area contributed by atoms with Gasteiger partial charge in [0.2, 0.25) is 11.8 Å². The number of hydrogen-bond donors (Lipinski definition) is 5. The fourth-order valence-corrected chi connectivity index (χ4v) is 1.05. The maximum atomic E-state index is 10.4. The van der Waals surface area contributed by atoms with Crippen LogP contribution in [0.15, 0.2) is 6.20 Å². The summed E-state index contributed by atoms with van der Waals surface area (Å²) in [5.74, 6) is -0.554. The molecule has 1 rings (SSSR count). The van der Waals surface area contributed by atoms with Crippen LogP contribution in [0.4, 0.5) is 5.95 Å². The summed E-state index contributed by atoms with van der Waals surface area (Å²) in [6.07, 6.45) is 2.30. The molecule has 0 amide bonds. The van der Waals surface area contributed by atoms with Gasteiger partial charge in [0, 0.05) is 6.54 Å². The van der Waals surface area contributed by atoms with Gasteiger partial charge < -0.3 is 21.3 Å². The molecule has 0 aliphatic carbocycles. The van der Waals surface area contributed by atoms with Crippen molar-refractivity contribution in [3.63, 3.8) is 0 Å². The molecule has 0 bridgehead atoms. The van der Waals surface area contributed by atoms with Gasteiger partial charge in [0.25, 0.3) is 0 Å². The second-order valence-corrected chi connectivity index (χ2v) is 3.13. The molecule has 0 spiro atoms. The molecule has 0 fully saturated rings. The van der Waals surface area contributed by atoms with Crippen molar-refractivity contribution in [1.29, 1.82) is 0 Å². The van der Waals surface area contributed by atoms with Crippen LogP contribution in [0.1, 0.15) is 12.8 Å². The van der Waals surface area contributed by atoms with Gasteiger partial charge >= 0.3 is 5.97 Å². The largest absolute Gasteiger partial charge is 0.493 e. The van der Waals surface area contributed by atoms with Crippen LogP contribution in [0.3, 0.4) is 0 Å². The summed E-state index contributed by atoms with van der Waals surface area (Å²) in [7, 11) is 0. The minimum Gasteiger partial charge on any atom is -0.493 e. The number of carboxylic acid groups (broad SMARTS) is 1. The SMILES string of the molecule is NC(CCCNc1ncc(O)[nH]1)C(=O)O. The molecule has 0 radical (unpaired) electrons. The van der Waals surface area contributed by atoms with Gasteiger partial charge in [-0.05, 0) is 12.8 Å². The Morgan fingerprint density at radius 1 is 1.73 bits per heavy atom. The van der Waals surface area contributed by atoms with E-state index in [9.17, 15) is 4.79 Å². The quantitative estimate of drug-likeness (QED) is 0.415. The van der Waals surface area contributed by atoms with Crippen LogP contribution in [0, 0.1) is 0 Å². The number of anilines is 1. The number of imidazole rings is 1. The third kappa shape index (κ3) is 3.86. The molecule has 0 saturated heterocycles. The lowest BCUT2D eigenvalue weighted by atomic mass is 10.2. The molecule has 1 unspecified atom stereocenters. The molecule has 6 N–H and O–H groups in total. The summed E-state index contributed by atoms with van der Waals surface area (Å²) in [6.45, 7) is 0.550. The molecule has 1 atom stereocenters. The zero-order valence-corrected chi connectivity index (χ0v) is 8.10. The van der Waals surface area contributed by atoms with Gasteiger partial charge in [0.15, 0.2) is 0 Å². The Kier molecular flexibility index (Phi) is 3.92. The van der Waals surface area contributed by atoms with Gasteiger partial charge in [-0.25, -0.2) is 4.98 Å². The topological polar surface area (TPSA) is 124 Å². The van der Waals surface area contributed by atoms with Crippen LogP contribution < -0.4 is 11.1 Å². The molecule has 0 saturated carbocycles. The third-order valence-corrected chi connectivity index (χ3v) is 1.86. The third-order valence-electron chi connectivity index (χ3n) is 1.86. The molecule has 84 valence electrons. The number of hydrogen-bond acceptors (Lipinski definition) is 5. The fraction of sp³-hybridized carbons (Fsp3) is 0.500. The summed E-state index contributed by atoms with van der Waals surface area (Å²) < 4.78 is 0. The highest BCUT2D eigenvalue weighted by atomic mass is 16.4. The van der Waals surface area contributed by atoms with E-state index in [-0.39, 0.29) is 5.88 Å². The highest BCUT2D eigenvalue weighted by molar-refractivity contribution is 5.72. The number of carbonyl (C=O) groups is 1. The van der Waals surface area contributed by atoms with Gasteiger partial charge in [-0.2, -0.15) is 0 Å². The van der Waals surface area contributed by atoms with Gasteiger partial charge in [-0.3, -0.25) is 9.78 Å². The first-order valence-electron chi connectivity index (χ1n) is 4.56. The number of carboxylic acids is 1. The molecule has 0 aliphatic rings. The van der Waals surface area contributed by atoms with Crippen molar-refractivity contribution in [2.24, 2.45) is 5.73 Å². The molecule has 1 heterocycles. The Hall–Kier alpha value is -1.76. The summed E-state index contributed by atoms with van der Waals surface area (Å²) in [4.78, 5) is 16.7. The van der Waals surface area contributed by atoms with Crippen molar-refractivity contribution in [1.82, 2.24) is 9.97 Å². The average molecular weight is 214 g/mol. The molecule has 7 heteroatoms. The molecule has 0 aliphatic heterocycles. The smallest absolute Gasteiger partial charge is 0.320 e. The van der Waals surface area contributed by atoms with Crippen molar-refractivity contribution in [2.75, 3.05) is 11.9 Å². The highest BCUT2D eigenvalue weighted by Gasteiger charge is 2.09. The Balaban J connectivity index is 2.14. The summed E-state index contributed by atoms with van der Waals surface area (Å²) in [5.41, 5.74) is 5.31. The van der Waals surface area contributed by atoms with Crippen LogP contribution >= 0.6 is 0 Å². The van der Waals surface area contributed by atoms with E-state index in [1.807, 2.05) is 0 Å². The maximum absolute atomic E-state index is 10.4. The molecule has 15 heavy (non-hydrogen) atoms. The number of aromatic amines is 1. The summed E-state index contributed by atoms with van der Waals surface area (Å²) in [6, 6.07) is -0.822. The Bertz CT molecular complexity index is 325. The fourth-order valence-electron chi connectivity index (χ4n) is 1.05. The summed E-state index contributed by atoms with van der Waals surface area (Å²) in [5, 5.41) is 20.3. The number of nitrogens with one attached hydrogen (secondary N) is 2. The van der Waals surface area contributed by atoms with E-state index in [1.165, 1.54) is 6.20 Å². The number of nitrogens with two attached hydrogens (primary N) is 1. The number of aliphatic carboxylic acids is 1. The van der Waals surface area contributed by atoms with Gasteiger partial charge in [-0.1, -0.05) is 0 Å². The van der Waals surface area contributed by atoms with Gasteiger partial charge in [0.1, 0.15) is 6.04 Å². The predicted octanol–water partition coefficient (Wildman–Crippen LogP) is -0.281. The van der Waals surface area contributed by atoms with E-state index in [4.69, 9.17) is 15.9 Å². The van der Waals surface area contributed by atoms with Crippen molar-refractivity contribution in [3.05, 3.63) is 6.20 Å². The lowest BCUT2D eigenvalue weighted by molar-refractivity contribution is -0.138. The van der Waals surface area contributed by atoms with Crippen LogP contribution in [0.2, 0.25) is 0 Å². The molecular weight excluding hydrogens is 200 g/mol. The van der Waals surface area contributed by atoms with Crippen molar-refractivity contribution < 1.29 is 15.0 Å². The first-order valence-corrected chi connectivity index (χ1v) is 4.56. The molecule has 1 aromatic heterocycles. The monoisotopic (exact) mass is 214 g/mol. The van der Waals surface area contributed by atoms with E-state index in [2.05, 4.69) is 15.3 Å². The molecule has 7 nitrogen and oxygen atoms in total. The zero-order valence-electron chi connectivity index (χ0n) is 8.10. The minimum atomic E-state index is -0.995. The Labute approximate surface area is 86.3 Å². The van der Waals surface area contributed by atoms with Crippen LogP contribution in [-0.4, -0.2) is 38.7 Å². The minimum absolute atomic E-state index is 0.0141. The van der Waals surface area contributed by atoms with E-state index >= 15 is 0 Å². The second-order valence-electron chi connectivity index (χ2n) is 3.13.